The van der Waals surface area contributed by atoms with Crippen LogP contribution in [0.15, 0.2) is 15.9 Å². The standard InChI is InChI=1S/C22H31N5O7S4/c1-4-24-15(3)14-17-19(24)25(5-2)18(23-17)9-8-16-20(35)26(10-6-12-37(29,30)31)22(28)27(21(16)36)11-7-13-38(32,33)34/h8-9,14,35H,4-7,10-13H2,1-3H3,(H,29,30,31)(H,32,33,34)/p-2. The molecule has 0 bridgehead atoms. The van der Waals surface area contributed by atoms with Crippen molar-refractivity contribution in [1.82, 2.24) is 23.3 Å². The van der Waals surface area contributed by atoms with E-state index >= 15 is 0 Å². The van der Waals surface area contributed by atoms with E-state index in [0.717, 1.165) is 28.0 Å². The summed E-state index contributed by atoms with van der Waals surface area (Å²) >= 11 is 10.0. The molecule has 3 heterocycles. The summed E-state index contributed by atoms with van der Waals surface area (Å²) in [5.74, 6) is -0.722. The number of aryl methyl sites for hydroxylation is 3. The average Bonchev–Trinajstić information content (AvgIpc) is 3.29. The minimum Gasteiger partial charge on any atom is -0.748 e. The van der Waals surface area contributed by atoms with Gasteiger partial charge in [-0.05, 0) is 51.8 Å². The Labute approximate surface area is 231 Å². The molecule has 3 rings (SSSR count). The topological polar surface area (TPSA) is 164 Å². The minimum atomic E-state index is -4.50. The summed E-state index contributed by atoms with van der Waals surface area (Å²) in [6.07, 6.45) is 3.08. The van der Waals surface area contributed by atoms with Gasteiger partial charge in [0.2, 0.25) is 0 Å². The lowest BCUT2D eigenvalue weighted by Crippen LogP contribution is -2.34. The Morgan fingerprint density at radius 1 is 0.947 bits per heavy atom. The van der Waals surface area contributed by atoms with Gasteiger partial charge in [-0.1, -0.05) is 12.2 Å². The molecule has 0 fully saturated rings. The van der Waals surface area contributed by atoms with Crippen molar-refractivity contribution in [2.75, 3.05) is 11.5 Å². The first-order valence-corrected chi connectivity index (χ1v) is 15.9. The van der Waals surface area contributed by atoms with Crippen molar-refractivity contribution in [3.63, 3.8) is 0 Å². The normalized spacial score (nSPS) is 12.8. The molecule has 0 saturated heterocycles. The van der Waals surface area contributed by atoms with Crippen LogP contribution in [0.2, 0.25) is 0 Å². The Balaban J connectivity index is 2.11. The number of hydrogen-bond donors (Lipinski definition) is 1. The molecule has 0 aliphatic heterocycles. The van der Waals surface area contributed by atoms with Gasteiger partial charge in [0.25, 0.3) is 0 Å². The summed E-state index contributed by atoms with van der Waals surface area (Å²) in [5, 5.41) is 0.153. The fraction of sp³-hybridized carbons (Fsp3) is 0.500. The van der Waals surface area contributed by atoms with E-state index in [4.69, 9.17) is 17.2 Å². The van der Waals surface area contributed by atoms with Gasteiger partial charge >= 0.3 is 5.69 Å². The molecular weight excluding hydrogens is 575 g/mol. The molecule has 210 valence electrons. The molecule has 0 spiro atoms. The molecule has 0 amide bonds. The van der Waals surface area contributed by atoms with Gasteiger partial charge in [-0.15, -0.1) is 12.6 Å². The molecular formula is C22H29N5O7S4-2. The Morgan fingerprint density at radius 3 is 2.03 bits per heavy atom. The predicted molar refractivity (Wildman–Crippen MR) is 148 cm³/mol. The van der Waals surface area contributed by atoms with Gasteiger partial charge in [-0.3, -0.25) is 9.13 Å². The van der Waals surface area contributed by atoms with Crippen LogP contribution in [-0.4, -0.2) is 60.7 Å². The fourth-order valence-electron chi connectivity index (χ4n) is 4.35. The van der Waals surface area contributed by atoms with E-state index in [-0.39, 0.29) is 35.6 Å². The van der Waals surface area contributed by atoms with Gasteiger partial charge in [-0.2, -0.15) is 0 Å². The van der Waals surface area contributed by atoms with Crippen molar-refractivity contribution in [3.8, 4) is 0 Å². The number of nitrogens with zero attached hydrogens (tertiary/aromatic N) is 5. The molecule has 12 nitrogen and oxygen atoms in total. The molecule has 0 N–H and O–H groups in total. The molecule has 0 aromatic carbocycles. The van der Waals surface area contributed by atoms with E-state index in [0.29, 0.717) is 17.9 Å². The van der Waals surface area contributed by atoms with Gasteiger partial charge in [0.05, 0.1) is 25.3 Å². The fourth-order valence-corrected chi connectivity index (χ4v) is 6.09. The smallest absolute Gasteiger partial charge is 0.330 e. The van der Waals surface area contributed by atoms with Crippen LogP contribution in [0, 0.1) is 11.6 Å². The van der Waals surface area contributed by atoms with Crippen LogP contribution < -0.4 is 5.69 Å². The largest absolute Gasteiger partial charge is 0.748 e. The lowest BCUT2D eigenvalue weighted by molar-refractivity contribution is 0.453. The van der Waals surface area contributed by atoms with E-state index < -0.39 is 37.4 Å². The summed E-state index contributed by atoms with van der Waals surface area (Å²) < 4.78 is 72.9. The first kappa shape index (κ1) is 30.3. The highest BCUT2D eigenvalue weighted by Crippen LogP contribution is 2.24. The van der Waals surface area contributed by atoms with Crippen LogP contribution in [-0.2, 0) is 46.4 Å². The van der Waals surface area contributed by atoms with Crippen LogP contribution in [0.5, 0.6) is 0 Å². The Hall–Kier alpha value is -2.24. The molecule has 3 aromatic heterocycles. The highest BCUT2D eigenvalue weighted by atomic mass is 32.2. The number of hydrogen-bond acceptors (Lipinski definition) is 10. The van der Waals surface area contributed by atoms with E-state index in [1.165, 1.54) is 4.57 Å². The maximum absolute atomic E-state index is 13.1. The maximum Gasteiger partial charge on any atom is 0.330 e. The molecule has 38 heavy (non-hydrogen) atoms. The van der Waals surface area contributed by atoms with Crippen molar-refractivity contribution in [2.45, 2.75) is 64.8 Å². The van der Waals surface area contributed by atoms with Crippen LogP contribution >= 0.6 is 24.8 Å². The second kappa shape index (κ2) is 11.9. The number of imidazole rings is 1. The second-order valence-corrected chi connectivity index (χ2v) is 12.5. The van der Waals surface area contributed by atoms with Crippen molar-refractivity contribution in [2.24, 2.45) is 0 Å². The van der Waals surface area contributed by atoms with Crippen LogP contribution in [0.1, 0.15) is 43.8 Å². The average molecular weight is 604 g/mol. The lowest BCUT2D eigenvalue weighted by atomic mass is 10.2. The van der Waals surface area contributed by atoms with E-state index in [9.17, 15) is 30.7 Å². The summed E-state index contributed by atoms with van der Waals surface area (Å²) in [6, 6.07) is 1.99. The van der Waals surface area contributed by atoms with Crippen molar-refractivity contribution < 1.29 is 25.9 Å². The zero-order chi connectivity index (χ0) is 28.4. The first-order valence-electron chi connectivity index (χ1n) is 11.9. The third-order valence-electron chi connectivity index (χ3n) is 6.04. The Bertz CT molecular complexity index is 1710. The summed E-state index contributed by atoms with van der Waals surface area (Å²) in [4.78, 5) is 17.9. The highest BCUT2D eigenvalue weighted by Gasteiger charge is 2.16. The third kappa shape index (κ3) is 6.84. The van der Waals surface area contributed by atoms with Gasteiger partial charge in [-0.25, -0.2) is 26.6 Å². The zero-order valence-electron chi connectivity index (χ0n) is 21.2. The second-order valence-electron chi connectivity index (χ2n) is 8.65. The summed E-state index contributed by atoms with van der Waals surface area (Å²) in [5.41, 5.74) is 2.57. The van der Waals surface area contributed by atoms with E-state index in [1.54, 1.807) is 12.2 Å². The molecule has 0 unspecified atom stereocenters. The Morgan fingerprint density at radius 2 is 1.50 bits per heavy atom. The quantitative estimate of drug-likeness (QED) is 0.141. The van der Waals surface area contributed by atoms with Crippen LogP contribution in [0.3, 0.4) is 0 Å². The molecule has 16 heteroatoms. The SMILES string of the molecule is CCn1c(C)cc2nc(C=Cc3c(S)n(CCCS(=O)(=O)[O-])c(=O)n(CCCS(=O)(=O)[O-])c3=S)n(CC)c21. The van der Waals surface area contributed by atoms with Crippen molar-refractivity contribution in [3.05, 3.63) is 38.3 Å². The van der Waals surface area contributed by atoms with Gasteiger partial charge in [0, 0.05) is 48.9 Å². The lowest BCUT2D eigenvalue weighted by Gasteiger charge is -2.17. The van der Waals surface area contributed by atoms with E-state index in [1.807, 2.05) is 31.4 Å². The highest BCUT2D eigenvalue weighted by molar-refractivity contribution is 7.85. The summed E-state index contributed by atoms with van der Waals surface area (Å²) in [6.45, 7) is 7.17. The monoisotopic (exact) mass is 603 g/mol. The molecule has 0 aliphatic carbocycles. The van der Waals surface area contributed by atoms with Gasteiger partial charge in [0.1, 0.15) is 21.6 Å². The molecule has 0 atom stereocenters. The summed E-state index contributed by atoms with van der Waals surface area (Å²) in [7, 11) is -8.99. The number of fused-ring (bicyclic) bond motifs is 1. The zero-order valence-corrected chi connectivity index (χ0v) is 24.5. The van der Waals surface area contributed by atoms with Gasteiger partial charge < -0.3 is 18.2 Å². The third-order valence-corrected chi connectivity index (χ3v) is 8.54. The van der Waals surface area contributed by atoms with Crippen LogP contribution in [0.4, 0.5) is 0 Å². The molecule has 3 aromatic rings. The molecule has 0 radical (unpaired) electrons. The first-order chi connectivity index (χ1) is 17.7. The Kier molecular flexibility index (Phi) is 9.47. The molecule has 0 saturated carbocycles. The maximum atomic E-state index is 13.1. The van der Waals surface area contributed by atoms with E-state index in [2.05, 4.69) is 17.2 Å². The number of rotatable bonds is 12. The minimum absolute atomic E-state index is 0.0697. The van der Waals surface area contributed by atoms with Crippen molar-refractivity contribution >= 4 is 68.4 Å². The number of aromatic nitrogens is 5. The van der Waals surface area contributed by atoms with Crippen LogP contribution in [0.25, 0.3) is 23.3 Å². The number of thiol groups is 1. The molecule has 0 aliphatic rings. The predicted octanol–water partition coefficient (Wildman–Crippen LogP) is 2.21. The van der Waals surface area contributed by atoms with Crippen molar-refractivity contribution in [1.29, 1.82) is 0 Å². The van der Waals surface area contributed by atoms with Gasteiger partial charge in [0.15, 0.2) is 0 Å².